The van der Waals surface area contributed by atoms with Crippen molar-refractivity contribution in [1.29, 1.82) is 0 Å². The van der Waals surface area contributed by atoms with E-state index in [9.17, 15) is 13.9 Å². The number of benzene rings is 2. The minimum atomic E-state index is -1.14. The van der Waals surface area contributed by atoms with Crippen LogP contribution in [-0.2, 0) is 13.6 Å². The molecule has 3 heterocycles. The van der Waals surface area contributed by atoms with Gasteiger partial charge in [-0.3, -0.25) is 0 Å². The lowest BCUT2D eigenvalue weighted by Crippen LogP contribution is -2.34. The summed E-state index contributed by atoms with van der Waals surface area (Å²) in [6.07, 6.45) is 3.49. The van der Waals surface area contributed by atoms with E-state index < -0.39 is 23.1 Å². The number of nitrogens with one attached hydrogen (secondary N) is 1. The zero-order chi connectivity index (χ0) is 28.2. The molecule has 40 heavy (non-hydrogen) atoms. The first-order chi connectivity index (χ1) is 19.1. The molecule has 0 bridgehead atoms. The normalized spacial score (nSPS) is 13.9. The molecule has 0 radical (unpaired) electrons. The van der Waals surface area contributed by atoms with Crippen LogP contribution in [0, 0.1) is 17.5 Å². The van der Waals surface area contributed by atoms with Gasteiger partial charge in [-0.25, -0.2) is 18.7 Å². The zero-order valence-corrected chi connectivity index (χ0v) is 22.2. The fraction of sp³-hybridized carbons (Fsp3) is 0.310. The van der Waals surface area contributed by atoms with Gasteiger partial charge in [0.2, 0.25) is 11.7 Å². The molecule has 0 atom stereocenters. The Morgan fingerprint density at radius 2 is 1.85 bits per heavy atom. The van der Waals surface area contributed by atoms with Gasteiger partial charge in [0.15, 0.2) is 17.2 Å². The van der Waals surface area contributed by atoms with E-state index >= 15 is 4.39 Å². The Morgan fingerprint density at radius 1 is 1.05 bits per heavy atom. The second-order valence-electron chi connectivity index (χ2n) is 10.8. The van der Waals surface area contributed by atoms with Crippen LogP contribution >= 0.6 is 0 Å². The van der Waals surface area contributed by atoms with Crippen molar-refractivity contribution >= 4 is 11.1 Å². The van der Waals surface area contributed by atoms with Gasteiger partial charge in [-0.05, 0) is 68.1 Å². The number of nitrogens with zero attached hydrogens (tertiary/aromatic N) is 5. The quantitative estimate of drug-likeness (QED) is 0.264. The first-order valence-corrected chi connectivity index (χ1v) is 12.9. The van der Waals surface area contributed by atoms with E-state index in [0.29, 0.717) is 22.6 Å². The van der Waals surface area contributed by atoms with E-state index in [4.69, 9.17) is 9.40 Å². The number of aromatic nitrogens is 5. The van der Waals surface area contributed by atoms with Crippen LogP contribution < -0.4 is 5.32 Å². The molecule has 0 unspecified atom stereocenters. The summed E-state index contributed by atoms with van der Waals surface area (Å²) in [6, 6.07) is 9.56. The highest BCUT2D eigenvalue weighted by Crippen LogP contribution is 2.42. The fourth-order valence-corrected chi connectivity index (χ4v) is 4.68. The second kappa shape index (κ2) is 9.83. The summed E-state index contributed by atoms with van der Waals surface area (Å²) >= 11 is 0. The molecule has 2 aromatic carbocycles. The third-order valence-corrected chi connectivity index (χ3v) is 6.82. The number of hydrogen-bond acceptors (Lipinski definition) is 7. The molecule has 11 heteroatoms. The standard InChI is InChI=1S/C29H27F3N6O2/c1-29(2,39)13-33-12-17-10-22-26(25(32)24(17)31)40-28(36-22)23-9-16(8-21(35-23)15-4-5-15)19-7-6-18(30)11-20(19)27-37-34-14-38(27)3/h6-11,14-15,33,39H,4-5,12-13H2,1-3H3. The van der Waals surface area contributed by atoms with Crippen LogP contribution in [0.3, 0.4) is 0 Å². The molecule has 1 fully saturated rings. The number of pyridine rings is 1. The van der Waals surface area contributed by atoms with Crippen LogP contribution in [0.15, 0.2) is 47.1 Å². The van der Waals surface area contributed by atoms with Crippen molar-refractivity contribution in [3.8, 4) is 34.1 Å². The highest BCUT2D eigenvalue weighted by molar-refractivity contribution is 5.83. The third kappa shape index (κ3) is 5.09. The lowest BCUT2D eigenvalue weighted by Gasteiger charge is -2.17. The van der Waals surface area contributed by atoms with Crippen molar-refractivity contribution in [3.05, 3.63) is 71.4 Å². The molecule has 2 N–H and O–H groups in total. The van der Waals surface area contributed by atoms with E-state index in [-0.39, 0.29) is 41.6 Å². The van der Waals surface area contributed by atoms with Gasteiger partial charge >= 0.3 is 0 Å². The van der Waals surface area contributed by atoms with Gasteiger partial charge in [0.1, 0.15) is 23.4 Å². The predicted octanol–water partition coefficient (Wildman–Crippen LogP) is 5.51. The molecule has 8 nitrogen and oxygen atoms in total. The molecule has 1 aliphatic carbocycles. The van der Waals surface area contributed by atoms with E-state index in [1.54, 1.807) is 37.6 Å². The molecule has 0 saturated heterocycles. The Balaban J connectivity index is 1.44. The Kier molecular flexibility index (Phi) is 6.42. The SMILES string of the molecule is Cn1cnnc1-c1cc(F)ccc1-c1cc(-c2nc3cc(CNCC(C)(C)O)c(F)c(F)c3o2)nc(C2CC2)c1. The predicted molar refractivity (Wildman–Crippen MR) is 143 cm³/mol. The van der Waals surface area contributed by atoms with Gasteiger partial charge in [0.25, 0.3) is 0 Å². The number of halogens is 3. The molecule has 6 rings (SSSR count). The summed E-state index contributed by atoms with van der Waals surface area (Å²) in [4.78, 5) is 9.20. The van der Waals surface area contributed by atoms with Gasteiger partial charge in [-0.2, -0.15) is 4.39 Å². The number of fused-ring (bicyclic) bond motifs is 1. The third-order valence-electron chi connectivity index (χ3n) is 6.82. The summed E-state index contributed by atoms with van der Waals surface area (Å²) < 4.78 is 51.6. The van der Waals surface area contributed by atoms with E-state index in [0.717, 1.165) is 24.1 Å². The Labute approximate surface area is 227 Å². The fourth-order valence-electron chi connectivity index (χ4n) is 4.68. The molecule has 0 spiro atoms. The molecule has 1 aliphatic rings. The first kappa shape index (κ1) is 26.1. The number of rotatable bonds is 8. The lowest BCUT2D eigenvalue weighted by molar-refractivity contribution is 0.0794. The summed E-state index contributed by atoms with van der Waals surface area (Å²) in [5.41, 5.74) is 2.05. The van der Waals surface area contributed by atoms with Crippen molar-refractivity contribution in [2.24, 2.45) is 7.05 Å². The monoisotopic (exact) mass is 548 g/mol. The van der Waals surface area contributed by atoms with E-state index in [1.165, 1.54) is 24.5 Å². The van der Waals surface area contributed by atoms with Crippen molar-refractivity contribution in [3.63, 3.8) is 0 Å². The topological polar surface area (TPSA) is 102 Å². The molecule has 0 amide bonds. The summed E-state index contributed by atoms with van der Waals surface area (Å²) in [5.74, 6) is -1.81. The Morgan fingerprint density at radius 3 is 2.55 bits per heavy atom. The van der Waals surface area contributed by atoms with Crippen LogP contribution in [0.1, 0.15) is 43.9 Å². The lowest BCUT2D eigenvalue weighted by atomic mass is 9.97. The minimum absolute atomic E-state index is 0.000168. The molecule has 206 valence electrons. The highest BCUT2D eigenvalue weighted by Gasteiger charge is 2.28. The first-order valence-electron chi connectivity index (χ1n) is 12.9. The van der Waals surface area contributed by atoms with Crippen LogP contribution in [0.4, 0.5) is 13.2 Å². The average molecular weight is 549 g/mol. The molecular weight excluding hydrogens is 521 g/mol. The van der Waals surface area contributed by atoms with E-state index in [2.05, 4.69) is 20.5 Å². The molecule has 0 aliphatic heterocycles. The summed E-state index contributed by atoms with van der Waals surface area (Å²) in [7, 11) is 1.78. The molecule has 1 saturated carbocycles. The smallest absolute Gasteiger partial charge is 0.246 e. The second-order valence-corrected chi connectivity index (χ2v) is 10.8. The van der Waals surface area contributed by atoms with Crippen molar-refractivity contribution < 1.29 is 22.7 Å². The minimum Gasteiger partial charge on any atom is -0.431 e. The van der Waals surface area contributed by atoms with Crippen LogP contribution in [-0.4, -0.2) is 42.0 Å². The van der Waals surface area contributed by atoms with Crippen LogP contribution in [0.5, 0.6) is 0 Å². The van der Waals surface area contributed by atoms with Gasteiger partial charge < -0.3 is 19.4 Å². The maximum absolute atomic E-state index is 15.0. The number of aryl methyl sites for hydroxylation is 1. The van der Waals surface area contributed by atoms with Gasteiger partial charge in [-0.15, -0.1) is 10.2 Å². The molecular formula is C29H27F3N6O2. The van der Waals surface area contributed by atoms with Crippen molar-refractivity contribution in [1.82, 2.24) is 30.0 Å². The van der Waals surface area contributed by atoms with Crippen molar-refractivity contribution in [2.45, 2.75) is 44.8 Å². The van der Waals surface area contributed by atoms with Crippen molar-refractivity contribution in [2.75, 3.05) is 6.54 Å². The summed E-state index contributed by atoms with van der Waals surface area (Å²) in [5, 5.41) is 20.9. The Hall–Kier alpha value is -4.09. The largest absolute Gasteiger partial charge is 0.431 e. The zero-order valence-electron chi connectivity index (χ0n) is 22.2. The number of oxazole rings is 1. The average Bonchev–Trinajstić information content (AvgIpc) is 3.54. The van der Waals surface area contributed by atoms with Gasteiger partial charge in [-0.1, -0.05) is 6.07 Å². The summed E-state index contributed by atoms with van der Waals surface area (Å²) in [6.45, 7) is 3.42. The highest BCUT2D eigenvalue weighted by atomic mass is 19.2. The van der Waals surface area contributed by atoms with Crippen LogP contribution in [0.25, 0.3) is 45.2 Å². The molecule has 3 aromatic heterocycles. The van der Waals surface area contributed by atoms with Crippen LogP contribution in [0.2, 0.25) is 0 Å². The van der Waals surface area contributed by atoms with E-state index in [1.807, 2.05) is 6.07 Å². The van der Waals surface area contributed by atoms with Gasteiger partial charge in [0.05, 0.1) is 5.60 Å². The molecule has 5 aromatic rings. The number of aliphatic hydroxyl groups is 1. The maximum atomic E-state index is 15.0. The maximum Gasteiger partial charge on any atom is 0.246 e. The van der Waals surface area contributed by atoms with Gasteiger partial charge in [0, 0.05) is 42.9 Å². The Bertz CT molecular complexity index is 1740. The number of hydrogen-bond donors (Lipinski definition) is 2.